The zero-order chi connectivity index (χ0) is 18.5. The Hall–Kier alpha value is -3.55. The molecule has 0 aliphatic carbocycles. The van der Waals surface area contributed by atoms with Crippen molar-refractivity contribution >= 4 is 23.4 Å². The Morgan fingerprint density at radius 3 is 2.65 bits per heavy atom. The Bertz CT molecular complexity index is 843. The van der Waals surface area contributed by atoms with E-state index in [0.29, 0.717) is 41.7 Å². The first-order valence-electron chi connectivity index (χ1n) is 7.78. The quantitative estimate of drug-likeness (QED) is 0.502. The molecule has 0 bridgehead atoms. The Kier molecular flexibility index (Phi) is 5.02. The van der Waals surface area contributed by atoms with Crippen molar-refractivity contribution < 1.29 is 23.9 Å². The highest BCUT2D eigenvalue weighted by atomic mass is 16.6. The fourth-order valence-corrected chi connectivity index (χ4v) is 2.41. The van der Waals surface area contributed by atoms with E-state index in [0.717, 1.165) is 0 Å². The highest BCUT2D eigenvalue weighted by Crippen LogP contribution is 2.40. The SMILES string of the molecule is COc1cc(/C=C/C(=O)Nc2ccc([N+](=O)[O-])cc2)cc2c1OCCO2. The Morgan fingerprint density at radius 2 is 1.96 bits per heavy atom. The van der Waals surface area contributed by atoms with Gasteiger partial charge in [0.15, 0.2) is 11.5 Å². The van der Waals surface area contributed by atoms with Crippen molar-refractivity contribution in [2.24, 2.45) is 0 Å². The molecule has 0 aromatic heterocycles. The Labute approximate surface area is 149 Å². The number of carbonyl (C=O) groups excluding carboxylic acids is 1. The van der Waals surface area contributed by atoms with E-state index < -0.39 is 4.92 Å². The van der Waals surface area contributed by atoms with E-state index in [1.165, 1.54) is 37.5 Å². The van der Waals surface area contributed by atoms with E-state index in [1.54, 1.807) is 18.2 Å². The van der Waals surface area contributed by atoms with Crippen LogP contribution in [0.25, 0.3) is 6.08 Å². The van der Waals surface area contributed by atoms with Gasteiger partial charge in [-0.05, 0) is 35.9 Å². The summed E-state index contributed by atoms with van der Waals surface area (Å²) in [4.78, 5) is 22.2. The molecule has 8 heteroatoms. The van der Waals surface area contributed by atoms with Crippen molar-refractivity contribution in [3.8, 4) is 17.2 Å². The summed E-state index contributed by atoms with van der Waals surface area (Å²) in [6.45, 7) is 0.903. The summed E-state index contributed by atoms with van der Waals surface area (Å²) in [5.41, 5.74) is 1.14. The number of carbonyl (C=O) groups is 1. The van der Waals surface area contributed by atoms with Crippen molar-refractivity contribution in [3.05, 3.63) is 58.2 Å². The molecule has 2 aromatic carbocycles. The summed E-state index contributed by atoms with van der Waals surface area (Å²) in [6, 6.07) is 9.08. The van der Waals surface area contributed by atoms with Crippen molar-refractivity contribution in [2.75, 3.05) is 25.6 Å². The third-order valence-electron chi connectivity index (χ3n) is 3.62. The van der Waals surface area contributed by atoms with Gasteiger partial charge in [0.05, 0.1) is 12.0 Å². The molecular formula is C18H16N2O6. The molecule has 1 aliphatic rings. The van der Waals surface area contributed by atoms with E-state index in [-0.39, 0.29) is 11.6 Å². The highest BCUT2D eigenvalue weighted by molar-refractivity contribution is 6.02. The first kappa shape index (κ1) is 17.3. The molecule has 0 atom stereocenters. The summed E-state index contributed by atoms with van der Waals surface area (Å²) in [7, 11) is 1.53. The summed E-state index contributed by atoms with van der Waals surface area (Å²) < 4.78 is 16.4. The van der Waals surface area contributed by atoms with Gasteiger partial charge in [0.1, 0.15) is 13.2 Å². The average molecular weight is 356 g/mol. The average Bonchev–Trinajstić information content (AvgIpc) is 2.66. The molecule has 2 aromatic rings. The van der Waals surface area contributed by atoms with Crippen LogP contribution >= 0.6 is 0 Å². The minimum absolute atomic E-state index is 0.0399. The maximum Gasteiger partial charge on any atom is 0.269 e. The zero-order valence-corrected chi connectivity index (χ0v) is 13.9. The number of hydrogen-bond acceptors (Lipinski definition) is 6. The predicted molar refractivity (Wildman–Crippen MR) is 94.7 cm³/mol. The number of rotatable bonds is 5. The third-order valence-corrected chi connectivity index (χ3v) is 3.62. The van der Waals surface area contributed by atoms with Gasteiger partial charge < -0.3 is 19.5 Å². The first-order chi connectivity index (χ1) is 12.6. The second-order valence-electron chi connectivity index (χ2n) is 5.37. The van der Waals surface area contributed by atoms with E-state index in [1.807, 2.05) is 0 Å². The van der Waals surface area contributed by atoms with Crippen LogP contribution in [0.4, 0.5) is 11.4 Å². The monoisotopic (exact) mass is 356 g/mol. The summed E-state index contributed by atoms with van der Waals surface area (Å²) in [5.74, 6) is 1.27. The minimum Gasteiger partial charge on any atom is -0.493 e. The van der Waals surface area contributed by atoms with E-state index >= 15 is 0 Å². The van der Waals surface area contributed by atoms with Gasteiger partial charge in [0.2, 0.25) is 11.7 Å². The normalized spacial score (nSPS) is 12.7. The molecule has 1 amide bonds. The third kappa shape index (κ3) is 3.92. The maximum atomic E-state index is 12.0. The number of non-ortho nitro benzene ring substituents is 1. The molecule has 0 spiro atoms. The minimum atomic E-state index is -0.499. The van der Waals surface area contributed by atoms with Gasteiger partial charge in [-0.25, -0.2) is 0 Å². The van der Waals surface area contributed by atoms with Crippen LogP contribution in [0.15, 0.2) is 42.5 Å². The fourth-order valence-electron chi connectivity index (χ4n) is 2.41. The number of ether oxygens (including phenoxy) is 3. The topological polar surface area (TPSA) is 99.9 Å². The van der Waals surface area contributed by atoms with Gasteiger partial charge in [-0.3, -0.25) is 14.9 Å². The van der Waals surface area contributed by atoms with Crippen LogP contribution in [0.3, 0.4) is 0 Å². The lowest BCUT2D eigenvalue weighted by Gasteiger charge is -2.20. The number of fused-ring (bicyclic) bond motifs is 1. The van der Waals surface area contributed by atoms with E-state index in [4.69, 9.17) is 14.2 Å². The number of nitrogens with one attached hydrogen (secondary N) is 1. The van der Waals surface area contributed by atoms with Crippen molar-refractivity contribution in [1.82, 2.24) is 0 Å². The Balaban J connectivity index is 1.71. The number of amides is 1. The molecule has 0 radical (unpaired) electrons. The van der Waals surface area contributed by atoms with Gasteiger partial charge in [0, 0.05) is 23.9 Å². The molecule has 26 heavy (non-hydrogen) atoms. The van der Waals surface area contributed by atoms with Crippen molar-refractivity contribution in [1.29, 1.82) is 0 Å². The molecule has 0 saturated carbocycles. The summed E-state index contributed by atoms with van der Waals surface area (Å²) in [5, 5.41) is 13.3. The predicted octanol–water partition coefficient (Wildman–Crippen LogP) is 3.03. The number of hydrogen-bond donors (Lipinski definition) is 1. The van der Waals surface area contributed by atoms with Crippen molar-refractivity contribution in [3.63, 3.8) is 0 Å². The molecule has 1 aliphatic heterocycles. The van der Waals surface area contributed by atoms with Gasteiger partial charge >= 0.3 is 0 Å². The molecule has 0 unspecified atom stereocenters. The maximum absolute atomic E-state index is 12.0. The largest absolute Gasteiger partial charge is 0.493 e. The number of nitro benzene ring substituents is 1. The molecule has 0 saturated heterocycles. The van der Waals surface area contributed by atoms with Crippen LogP contribution in [0.1, 0.15) is 5.56 Å². The lowest BCUT2D eigenvalue weighted by atomic mass is 10.1. The second-order valence-corrected chi connectivity index (χ2v) is 5.37. The molecule has 0 fully saturated rings. The van der Waals surface area contributed by atoms with Gasteiger partial charge in [-0.15, -0.1) is 0 Å². The molecule has 8 nitrogen and oxygen atoms in total. The number of nitro groups is 1. The number of nitrogens with zero attached hydrogens (tertiary/aromatic N) is 1. The lowest BCUT2D eigenvalue weighted by molar-refractivity contribution is -0.384. The number of benzene rings is 2. The smallest absolute Gasteiger partial charge is 0.269 e. The molecule has 1 heterocycles. The molecular weight excluding hydrogens is 340 g/mol. The van der Waals surface area contributed by atoms with Gasteiger partial charge in [0.25, 0.3) is 5.69 Å². The van der Waals surface area contributed by atoms with Crippen LogP contribution in [-0.2, 0) is 4.79 Å². The molecule has 1 N–H and O–H groups in total. The number of anilines is 1. The van der Waals surface area contributed by atoms with E-state index in [2.05, 4.69) is 5.32 Å². The second kappa shape index (κ2) is 7.56. The number of methoxy groups -OCH3 is 1. The molecule has 3 rings (SSSR count). The first-order valence-corrected chi connectivity index (χ1v) is 7.78. The standard InChI is InChI=1S/C18H16N2O6/c1-24-15-10-12(11-16-18(15)26-9-8-25-16)2-7-17(21)19-13-3-5-14(6-4-13)20(22)23/h2-7,10-11H,8-9H2,1H3,(H,19,21)/b7-2+. The summed E-state index contributed by atoms with van der Waals surface area (Å²) >= 11 is 0. The Morgan fingerprint density at radius 1 is 1.23 bits per heavy atom. The van der Waals surface area contributed by atoms with E-state index in [9.17, 15) is 14.9 Å². The van der Waals surface area contributed by atoms with Crippen LogP contribution < -0.4 is 19.5 Å². The van der Waals surface area contributed by atoms with Crippen LogP contribution in [0.5, 0.6) is 17.2 Å². The molecule has 134 valence electrons. The van der Waals surface area contributed by atoms with Gasteiger partial charge in [-0.2, -0.15) is 0 Å². The summed E-state index contributed by atoms with van der Waals surface area (Å²) in [6.07, 6.45) is 2.97. The van der Waals surface area contributed by atoms with Crippen LogP contribution in [0, 0.1) is 10.1 Å². The van der Waals surface area contributed by atoms with Crippen LogP contribution in [0.2, 0.25) is 0 Å². The van der Waals surface area contributed by atoms with Crippen LogP contribution in [-0.4, -0.2) is 31.2 Å². The highest BCUT2D eigenvalue weighted by Gasteiger charge is 2.17. The lowest BCUT2D eigenvalue weighted by Crippen LogP contribution is -2.16. The fraction of sp³-hybridized carbons (Fsp3) is 0.167. The zero-order valence-electron chi connectivity index (χ0n) is 13.9. The van der Waals surface area contributed by atoms with Crippen molar-refractivity contribution in [2.45, 2.75) is 0 Å². The van der Waals surface area contributed by atoms with Gasteiger partial charge in [-0.1, -0.05) is 0 Å².